The van der Waals surface area contributed by atoms with Crippen molar-refractivity contribution in [1.29, 1.82) is 0 Å². The molecule has 0 saturated heterocycles. The molecule has 2 nitrogen and oxygen atoms in total. The van der Waals surface area contributed by atoms with Crippen molar-refractivity contribution in [2.75, 3.05) is 7.11 Å². The van der Waals surface area contributed by atoms with Gasteiger partial charge < -0.3 is 4.74 Å². The summed E-state index contributed by atoms with van der Waals surface area (Å²) in [5.41, 5.74) is 2.01. The summed E-state index contributed by atoms with van der Waals surface area (Å²) in [7, 11) is 1.40. The Balaban J connectivity index is 3.95. The Morgan fingerprint density at radius 1 is 1.28 bits per heavy atom. The summed E-state index contributed by atoms with van der Waals surface area (Å²) in [6, 6.07) is 0. The average molecular weight is 250 g/mol. The average Bonchev–Trinajstić information content (AvgIpc) is 2.32. The molecule has 0 radical (unpaired) electrons. The molecule has 0 bridgehead atoms. The van der Waals surface area contributed by atoms with Gasteiger partial charge in [0, 0.05) is 5.57 Å². The first-order valence-corrected chi connectivity index (χ1v) is 6.52. The van der Waals surface area contributed by atoms with Crippen LogP contribution >= 0.6 is 0 Å². The molecule has 0 fully saturated rings. The van der Waals surface area contributed by atoms with Crippen LogP contribution < -0.4 is 0 Å². The highest BCUT2D eigenvalue weighted by molar-refractivity contribution is 5.87. The fourth-order valence-corrected chi connectivity index (χ4v) is 1.53. The zero-order valence-corrected chi connectivity index (χ0v) is 12.3. The van der Waals surface area contributed by atoms with Crippen LogP contribution in [-0.4, -0.2) is 13.1 Å². The fourth-order valence-electron chi connectivity index (χ4n) is 1.53. The fraction of sp³-hybridized carbons (Fsp3) is 0.562. The van der Waals surface area contributed by atoms with Crippen LogP contribution in [0.2, 0.25) is 0 Å². The van der Waals surface area contributed by atoms with Gasteiger partial charge in [0.05, 0.1) is 7.11 Å². The zero-order chi connectivity index (χ0) is 14.0. The molecule has 0 aromatic rings. The summed E-state index contributed by atoms with van der Waals surface area (Å²) in [4.78, 5) is 11.1. The van der Waals surface area contributed by atoms with Crippen LogP contribution in [0.5, 0.6) is 0 Å². The van der Waals surface area contributed by atoms with Gasteiger partial charge in [-0.1, -0.05) is 36.8 Å². The molecule has 0 aromatic carbocycles. The molecule has 0 N–H and O–H groups in total. The van der Waals surface area contributed by atoms with E-state index in [1.165, 1.54) is 19.1 Å². The monoisotopic (exact) mass is 250 g/mol. The highest BCUT2D eigenvalue weighted by atomic mass is 16.5. The number of ether oxygens (including phenoxy) is 1. The van der Waals surface area contributed by atoms with Crippen LogP contribution in [0.3, 0.4) is 0 Å². The summed E-state index contributed by atoms with van der Waals surface area (Å²) in [5.74, 6) is 0.403. The molecule has 0 amide bonds. The van der Waals surface area contributed by atoms with Gasteiger partial charge in [-0.25, -0.2) is 4.79 Å². The highest BCUT2D eigenvalue weighted by Gasteiger charge is 2.00. The van der Waals surface area contributed by atoms with E-state index < -0.39 is 0 Å². The van der Waals surface area contributed by atoms with Crippen molar-refractivity contribution in [3.63, 3.8) is 0 Å². The summed E-state index contributed by atoms with van der Waals surface area (Å²) in [6.07, 6.45) is 11.5. The van der Waals surface area contributed by atoms with Crippen LogP contribution in [0.25, 0.3) is 0 Å². The minimum absolute atomic E-state index is 0.267. The highest BCUT2D eigenvalue weighted by Crippen LogP contribution is 2.12. The lowest BCUT2D eigenvalue weighted by molar-refractivity contribution is -0.136. The molecule has 1 atom stereocenters. The van der Waals surface area contributed by atoms with Gasteiger partial charge in [0.15, 0.2) is 0 Å². The minimum atomic E-state index is -0.267. The number of esters is 1. The number of methoxy groups -OCH3 is 1. The van der Waals surface area contributed by atoms with Gasteiger partial charge in [-0.15, -0.1) is 0 Å². The Labute approximate surface area is 111 Å². The first-order valence-electron chi connectivity index (χ1n) is 6.52. The van der Waals surface area contributed by atoms with E-state index in [1.54, 1.807) is 13.0 Å². The lowest BCUT2D eigenvalue weighted by atomic mass is 10.0. The number of rotatable bonds is 7. The molecule has 18 heavy (non-hydrogen) atoms. The molecular weight excluding hydrogens is 224 g/mol. The van der Waals surface area contributed by atoms with E-state index >= 15 is 0 Å². The quantitative estimate of drug-likeness (QED) is 0.289. The smallest absolute Gasteiger partial charge is 0.333 e. The largest absolute Gasteiger partial charge is 0.466 e. The van der Waals surface area contributed by atoms with E-state index in [9.17, 15) is 4.79 Å². The maximum Gasteiger partial charge on any atom is 0.333 e. The van der Waals surface area contributed by atoms with Crippen LogP contribution in [0.15, 0.2) is 35.5 Å². The number of carbonyl (C=O) groups is 1. The van der Waals surface area contributed by atoms with Crippen LogP contribution in [-0.2, 0) is 9.53 Å². The zero-order valence-electron chi connectivity index (χ0n) is 12.3. The molecule has 0 aromatic heterocycles. The van der Waals surface area contributed by atoms with Crippen molar-refractivity contribution < 1.29 is 9.53 Å². The molecular formula is C16H26O2. The van der Waals surface area contributed by atoms with E-state index in [1.807, 2.05) is 6.08 Å². The predicted molar refractivity (Wildman–Crippen MR) is 77.4 cm³/mol. The summed E-state index contributed by atoms with van der Waals surface area (Å²) < 4.78 is 4.62. The number of allylic oxidation sites excluding steroid dienone is 5. The third-order valence-electron chi connectivity index (χ3n) is 2.74. The second-order valence-electron chi connectivity index (χ2n) is 4.97. The van der Waals surface area contributed by atoms with Gasteiger partial charge in [0.1, 0.15) is 0 Å². The Kier molecular flexibility index (Phi) is 8.99. The van der Waals surface area contributed by atoms with Crippen molar-refractivity contribution in [3.05, 3.63) is 35.5 Å². The van der Waals surface area contributed by atoms with E-state index in [0.29, 0.717) is 11.5 Å². The molecule has 1 unspecified atom stereocenters. The normalized spacial score (nSPS) is 13.5. The topological polar surface area (TPSA) is 26.3 Å². The molecule has 0 heterocycles. The van der Waals surface area contributed by atoms with Gasteiger partial charge in [0.25, 0.3) is 0 Å². The summed E-state index contributed by atoms with van der Waals surface area (Å²) in [5, 5.41) is 0. The van der Waals surface area contributed by atoms with Crippen LogP contribution in [0.1, 0.15) is 47.0 Å². The standard InChI is InChI=1S/C16H26O2/c1-13(2)9-8-11-14(3)10-6-7-12-15(4)16(17)18-5/h6-7,9,12,14H,8,10-11H2,1-5H3. The van der Waals surface area contributed by atoms with Crippen LogP contribution in [0.4, 0.5) is 0 Å². The third-order valence-corrected chi connectivity index (χ3v) is 2.74. The molecule has 2 heteroatoms. The summed E-state index contributed by atoms with van der Waals surface area (Å²) in [6.45, 7) is 8.27. The maximum absolute atomic E-state index is 11.1. The molecule has 102 valence electrons. The summed E-state index contributed by atoms with van der Waals surface area (Å²) >= 11 is 0. The molecule has 0 aliphatic heterocycles. The third kappa shape index (κ3) is 8.80. The lowest BCUT2D eigenvalue weighted by Crippen LogP contribution is -2.00. The van der Waals surface area contributed by atoms with E-state index in [-0.39, 0.29) is 5.97 Å². The van der Waals surface area contributed by atoms with E-state index in [2.05, 4.69) is 37.7 Å². The molecule has 0 spiro atoms. The number of carbonyl (C=O) groups excluding carboxylic acids is 1. The van der Waals surface area contributed by atoms with Crippen molar-refractivity contribution in [2.24, 2.45) is 5.92 Å². The van der Waals surface area contributed by atoms with Gasteiger partial charge >= 0.3 is 5.97 Å². The first kappa shape index (κ1) is 16.7. The van der Waals surface area contributed by atoms with Gasteiger partial charge in [0.2, 0.25) is 0 Å². The van der Waals surface area contributed by atoms with Gasteiger partial charge in [-0.2, -0.15) is 0 Å². The molecule has 0 aliphatic carbocycles. The minimum Gasteiger partial charge on any atom is -0.466 e. The van der Waals surface area contributed by atoms with Gasteiger partial charge in [-0.3, -0.25) is 0 Å². The SMILES string of the molecule is COC(=O)C(C)=CC=CCC(C)CCC=C(C)C. The van der Waals surface area contributed by atoms with E-state index in [0.717, 1.165) is 12.8 Å². The predicted octanol–water partition coefficient (Wildman–Crippen LogP) is 4.43. The van der Waals surface area contributed by atoms with Crippen molar-refractivity contribution >= 4 is 5.97 Å². The van der Waals surface area contributed by atoms with Crippen molar-refractivity contribution in [3.8, 4) is 0 Å². The Morgan fingerprint density at radius 2 is 1.94 bits per heavy atom. The van der Waals surface area contributed by atoms with Crippen molar-refractivity contribution in [1.82, 2.24) is 0 Å². The lowest BCUT2D eigenvalue weighted by Gasteiger charge is -2.05. The second kappa shape index (κ2) is 9.69. The van der Waals surface area contributed by atoms with Crippen LogP contribution in [0, 0.1) is 5.92 Å². The van der Waals surface area contributed by atoms with Gasteiger partial charge in [-0.05, 0) is 46.0 Å². The molecule has 0 rings (SSSR count). The Hall–Kier alpha value is -1.31. The Bertz CT molecular complexity index is 331. The maximum atomic E-state index is 11.1. The molecule has 0 saturated carbocycles. The van der Waals surface area contributed by atoms with E-state index in [4.69, 9.17) is 0 Å². The Morgan fingerprint density at radius 3 is 2.50 bits per heavy atom. The molecule has 0 aliphatic rings. The number of hydrogen-bond donors (Lipinski definition) is 0. The van der Waals surface area contributed by atoms with Crippen molar-refractivity contribution in [2.45, 2.75) is 47.0 Å². The number of hydrogen-bond acceptors (Lipinski definition) is 2. The first-order chi connectivity index (χ1) is 8.47. The second-order valence-corrected chi connectivity index (χ2v) is 4.97.